The van der Waals surface area contributed by atoms with Crippen LogP contribution in [0.3, 0.4) is 0 Å². The summed E-state index contributed by atoms with van der Waals surface area (Å²) in [4.78, 5) is 8.14. The van der Waals surface area contributed by atoms with E-state index in [1.165, 1.54) is 11.1 Å². The van der Waals surface area contributed by atoms with Gasteiger partial charge in [-0.05, 0) is 63.4 Å². The van der Waals surface area contributed by atoms with E-state index in [9.17, 15) is 5.11 Å². The topological polar surface area (TPSA) is 73.0 Å². The number of rotatable bonds is 6. The largest absolute Gasteiger partial charge is 0.387 e. The van der Waals surface area contributed by atoms with Gasteiger partial charge in [0.1, 0.15) is 5.82 Å². The molecule has 126 valence electrons. The van der Waals surface area contributed by atoms with Crippen LogP contribution in [-0.2, 0) is 6.42 Å². The number of aromatic amines is 1. The van der Waals surface area contributed by atoms with Crippen molar-refractivity contribution in [1.29, 1.82) is 0 Å². The minimum atomic E-state index is -0.577. The number of H-pyrrole nitrogens is 1. The summed E-state index contributed by atoms with van der Waals surface area (Å²) < 4.78 is 0. The average Bonchev–Trinajstić information content (AvgIpc) is 2.95. The Labute approximate surface area is 137 Å². The molecule has 2 aromatic rings. The average molecular weight is 316 g/mol. The molecule has 1 atom stereocenters. The van der Waals surface area contributed by atoms with Crippen LogP contribution < -0.4 is 10.6 Å². The van der Waals surface area contributed by atoms with Gasteiger partial charge in [-0.2, -0.15) is 0 Å². The first-order chi connectivity index (χ1) is 11.1. The van der Waals surface area contributed by atoms with Gasteiger partial charge in [0.15, 0.2) is 0 Å². The van der Waals surface area contributed by atoms with Gasteiger partial charge in [0.05, 0.1) is 16.6 Å². The predicted molar refractivity (Wildman–Crippen MR) is 93.8 cm³/mol. The Morgan fingerprint density at radius 3 is 3.00 bits per heavy atom. The fourth-order valence-electron chi connectivity index (χ4n) is 3.29. The Balaban J connectivity index is 1.46. The van der Waals surface area contributed by atoms with Gasteiger partial charge in [0.25, 0.3) is 0 Å². The Hall–Kier alpha value is -1.43. The smallest absolute Gasteiger partial charge is 0.107 e. The number of piperidine rings is 1. The normalized spacial score (nSPS) is 21.9. The number of aromatic nitrogens is 2. The summed E-state index contributed by atoms with van der Waals surface area (Å²) in [6, 6.07) is 4.25. The van der Waals surface area contributed by atoms with Crippen molar-refractivity contribution in [3.05, 3.63) is 29.1 Å². The van der Waals surface area contributed by atoms with Crippen molar-refractivity contribution in [2.45, 2.75) is 45.1 Å². The molecule has 0 radical (unpaired) electrons. The molecule has 1 aliphatic heterocycles. The highest BCUT2D eigenvalue weighted by Gasteiger charge is 2.28. The van der Waals surface area contributed by atoms with E-state index in [0.29, 0.717) is 13.1 Å². The molecule has 1 fully saturated rings. The lowest BCUT2D eigenvalue weighted by Gasteiger charge is -2.32. The number of hydrogen-bond donors (Lipinski definition) is 4. The molecule has 0 amide bonds. The second kappa shape index (κ2) is 6.99. The summed E-state index contributed by atoms with van der Waals surface area (Å²) in [5.74, 6) is 1.05. The van der Waals surface area contributed by atoms with Crippen LogP contribution in [0.4, 0.5) is 0 Å². The van der Waals surface area contributed by atoms with Crippen LogP contribution in [0.5, 0.6) is 0 Å². The lowest BCUT2D eigenvalue weighted by molar-refractivity contribution is 0.0173. The molecule has 4 N–H and O–H groups in total. The SMILES string of the molecule is Cc1ccc2[nH]c(CCCNC[C@@]3(O)CCCNC3)nc2c1C. The number of imidazole rings is 1. The van der Waals surface area contributed by atoms with E-state index in [1.807, 2.05) is 0 Å². The number of aryl methyl sites for hydroxylation is 3. The number of fused-ring (bicyclic) bond motifs is 1. The van der Waals surface area contributed by atoms with Crippen molar-refractivity contribution in [3.8, 4) is 0 Å². The first-order valence-corrected chi connectivity index (χ1v) is 8.66. The van der Waals surface area contributed by atoms with E-state index >= 15 is 0 Å². The van der Waals surface area contributed by atoms with Gasteiger partial charge in [-0.1, -0.05) is 6.07 Å². The quantitative estimate of drug-likeness (QED) is 0.613. The van der Waals surface area contributed by atoms with Crippen LogP contribution >= 0.6 is 0 Å². The summed E-state index contributed by atoms with van der Waals surface area (Å²) in [7, 11) is 0. The van der Waals surface area contributed by atoms with Crippen LogP contribution in [0.1, 0.15) is 36.2 Å². The number of hydrogen-bond acceptors (Lipinski definition) is 4. The highest BCUT2D eigenvalue weighted by atomic mass is 16.3. The van der Waals surface area contributed by atoms with Crippen LogP contribution in [0.2, 0.25) is 0 Å². The predicted octanol–water partition coefficient (Wildman–Crippen LogP) is 1.82. The first kappa shape index (κ1) is 16.4. The maximum Gasteiger partial charge on any atom is 0.107 e. The maximum absolute atomic E-state index is 10.4. The Morgan fingerprint density at radius 1 is 1.35 bits per heavy atom. The molecule has 1 aliphatic rings. The van der Waals surface area contributed by atoms with Gasteiger partial charge in [-0.15, -0.1) is 0 Å². The van der Waals surface area contributed by atoms with Gasteiger partial charge in [0.2, 0.25) is 0 Å². The Bertz CT molecular complexity index is 658. The third-order valence-corrected chi connectivity index (χ3v) is 4.90. The van der Waals surface area contributed by atoms with Crippen molar-refractivity contribution in [1.82, 2.24) is 20.6 Å². The molecular weight excluding hydrogens is 288 g/mol. The molecular formula is C18H28N4O. The fraction of sp³-hybridized carbons (Fsp3) is 0.611. The number of β-amino-alcohol motifs (C(OH)–C–C–N with tert-alkyl or cyclic N) is 1. The highest BCUT2D eigenvalue weighted by Crippen LogP contribution is 2.19. The molecule has 5 heteroatoms. The summed E-state index contributed by atoms with van der Waals surface area (Å²) in [6.45, 7) is 7.53. The summed E-state index contributed by atoms with van der Waals surface area (Å²) in [6.07, 6.45) is 3.88. The van der Waals surface area contributed by atoms with Crippen molar-refractivity contribution in [3.63, 3.8) is 0 Å². The zero-order chi connectivity index (χ0) is 16.3. The molecule has 1 aromatic heterocycles. The van der Waals surface area contributed by atoms with Gasteiger partial charge in [-0.25, -0.2) is 4.98 Å². The first-order valence-electron chi connectivity index (χ1n) is 8.66. The molecule has 0 saturated carbocycles. The van der Waals surface area contributed by atoms with E-state index in [1.54, 1.807) is 0 Å². The molecule has 1 aromatic carbocycles. The van der Waals surface area contributed by atoms with Crippen LogP contribution in [0.15, 0.2) is 12.1 Å². The van der Waals surface area contributed by atoms with Crippen LogP contribution in [-0.4, -0.2) is 46.9 Å². The summed E-state index contributed by atoms with van der Waals surface area (Å²) in [5.41, 5.74) is 4.18. The van der Waals surface area contributed by atoms with Crippen molar-refractivity contribution in [2.75, 3.05) is 26.2 Å². The summed E-state index contributed by atoms with van der Waals surface area (Å²) >= 11 is 0. The third kappa shape index (κ3) is 3.91. The molecule has 0 bridgehead atoms. The van der Waals surface area contributed by atoms with E-state index in [-0.39, 0.29) is 0 Å². The lowest BCUT2D eigenvalue weighted by Crippen LogP contribution is -2.52. The molecule has 0 spiro atoms. The van der Waals surface area contributed by atoms with Crippen molar-refractivity contribution >= 4 is 11.0 Å². The minimum Gasteiger partial charge on any atom is -0.387 e. The van der Waals surface area contributed by atoms with Crippen LogP contribution in [0, 0.1) is 13.8 Å². The molecule has 0 aliphatic carbocycles. The summed E-state index contributed by atoms with van der Waals surface area (Å²) in [5, 5.41) is 17.0. The molecule has 0 unspecified atom stereocenters. The molecule has 3 rings (SSSR count). The van der Waals surface area contributed by atoms with Crippen molar-refractivity contribution < 1.29 is 5.11 Å². The van der Waals surface area contributed by atoms with Gasteiger partial charge < -0.3 is 20.7 Å². The van der Waals surface area contributed by atoms with Gasteiger partial charge >= 0.3 is 0 Å². The Kier molecular flexibility index (Phi) is 4.99. The zero-order valence-electron chi connectivity index (χ0n) is 14.2. The van der Waals surface area contributed by atoms with E-state index in [0.717, 1.165) is 55.6 Å². The monoisotopic (exact) mass is 316 g/mol. The van der Waals surface area contributed by atoms with Crippen LogP contribution in [0.25, 0.3) is 11.0 Å². The molecule has 23 heavy (non-hydrogen) atoms. The van der Waals surface area contributed by atoms with Crippen molar-refractivity contribution in [2.24, 2.45) is 0 Å². The zero-order valence-corrected chi connectivity index (χ0v) is 14.2. The number of nitrogens with one attached hydrogen (secondary N) is 3. The van der Waals surface area contributed by atoms with Gasteiger partial charge in [-0.3, -0.25) is 0 Å². The fourth-order valence-corrected chi connectivity index (χ4v) is 3.29. The second-order valence-electron chi connectivity index (χ2n) is 6.87. The molecule has 5 nitrogen and oxygen atoms in total. The third-order valence-electron chi connectivity index (χ3n) is 4.90. The number of benzene rings is 1. The molecule has 2 heterocycles. The van der Waals surface area contributed by atoms with E-state index < -0.39 is 5.60 Å². The van der Waals surface area contributed by atoms with E-state index in [4.69, 9.17) is 4.98 Å². The van der Waals surface area contributed by atoms with Gasteiger partial charge in [0, 0.05) is 19.5 Å². The maximum atomic E-state index is 10.4. The lowest BCUT2D eigenvalue weighted by atomic mass is 9.94. The van der Waals surface area contributed by atoms with E-state index in [2.05, 4.69) is 41.6 Å². The second-order valence-corrected chi connectivity index (χ2v) is 6.87. The highest BCUT2D eigenvalue weighted by molar-refractivity contribution is 5.79. The number of nitrogens with zero attached hydrogens (tertiary/aromatic N) is 1. The minimum absolute atomic E-state index is 0.577. The Morgan fingerprint density at radius 2 is 2.22 bits per heavy atom. The molecule has 1 saturated heterocycles. The number of aliphatic hydroxyl groups is 1. The standard InChI is InChI=1S/C18H28N4O/c1-13-6-7-15-17(14(13)2)22-16(21-15)5-3-9-19-11-18(23)8-4-10-20-12-18/h6-7,19-20,23H,3-5,8-12H2,1-2H3,(H,21,22)/t18-/m0/s1.